The molecule has 2 aliphatic carbocycles. The fourth-order valence-electron chi connectivity index (χ4n) is 5.53. The van der Waals surface area contributed by atoms with Crippen LogP contribution in [0.5, 0.6) is 0 Å². The minimum Gasteiger partial charge on any atom is -0.498 e. The lowest BCUT2D eigenvalue weighted by molar-refractivity contribution is -0.0190. The Labute approximate surface area is 223 Å². The van der Waals surface area contributed by atoms with Gasteiger partial charge in [-0.2, -0.15) is 0 Å². The predicted octanol–water partition coefficient (Wildman–Crippen LogP) is 2.67. The number of aliphatic imine (C=N–C) groups is 1. The molecule has 0 fully saturated rings. The molecule has 0 bridgehead atoms. The molecule has 1 aromatic carbocycles. The van der Waals surface area contributed by atoms with E-state index in [0.29, 0.717) is 30.8 Å². The molecule has 0 radical (unpaired) electrons. The van der Waals surface area contributed by atoms with E-state index in [1.54, 1.807) is 51.8 Å². The number of ketones is 1. The Bertz CT molecular complexity index is 1450. The molecule has 2 aromatic rings. The van der Waals surface area contributed by atoms with Crippen LogP contribution in [0.3, 0.4) is 0 Å². The van der Waals surface area contributed by atoms with Crippen LogP contribution in [0.1, 0.15) is 34.1 Å². The smallest absolute Gasteiger partial charge is 0.268 e. The highest BCUT2D eigenvalue weighted by Crippen LogP contribution is 2.35. The van der Waals surface area contributed by atoms with Crippen molar-refractivity contribution in [1.29, 1.82) is 0 Å². The minimum absolute atomic E-state index is 0.143. The van der Waals surface area contributed by atoms with Crippen molar-refractivity contribution in [3.05, 3.63) is 76.3 Å². The number of carbonyl (C=O) groups is 1. The molecule has 3 aliphatic rings. The van der Waals surface area contributed by atoms with Crippen molar-refractivity contribution in [2.45, 2.75) is 43.4 Å². The number of methoxy groups -OCH3 is 3. The van der Waals surface area contributed by atoms with Crippen molar-refractivity contribution >= 4 is 21.5 Å². The molecule has 1 aliphatic heterocycles. The minimum atomic E-state index is -3.98. The first-order valence-electron chi connectivity index (χ1n) is 12.6. The van der Waals surface area contributed by atoms with Crippen LogP contribution in [-0.2, 0) is 30.7 Å². The SMILES string of the molecule is COC1=CC(CNC2C(=O)c3c4c(cn3S(=O)(=O)c3ccc(C)cc3)CCN=C4C2C)=CC(OC)C1OC. The molecule has 0 amide bonds. The topological polar surface area (TPSA) is 108 Å². The van der Waals surface area contributed by atoms with Crippen LogP contribution in [0.4, 0.5) is 0 Å². The van der Waals surface area contributed by atoms with Crippen LogP contribution in [0, 0.1) is 12.8 Å². The molecule has 4 atom stereocenters. The van der Waals surface area contributed by atoms with E-state index >= 15 is 0 Å². The zero-order chi connectivity index (χ0) is 27.2. The largest absolute Gasteiger partial charge is 0.498 e. The Hall–Kier alpha value is -3.05. The van der Waals surface area contributed by atoms with Gasteiger partial charge in [-0.15, -0.1) is 0 Å². The zero-order valence-corrected chi connectivity index (χ0v) is 23.0. The van der Waals surface area contributed by atoms with E-state index in [0.717, 1.165) is 22.4 Å². The normalized spacial score (nSPS) is 24.9. The second-order valence-electron chi connectivity index (χ2n) is 9.87. The van der Waals surface area contributed by atoms with Crippen molar-refractivity contribution in [2.24, 2.45) is 10.9 Å². The van der Waals surface area contributed by atoms with E-state index in [1.807, 2.05) is 26.0 Å². The highest BCUT2D eigenvalue weighted by Gasteiger charge is 2.44. The van der Waals surface area contributed by atoms with E-state index in [2.05, 4.69) is 5.32 Å². The van der Waals surface area contributed by atoms with E-state index < -0.39 is 16.1 Å². The van der Waals surface area contributed by atoms with Crippen molar-refractivity contribution < 1.29 is 27.4 Å². The second kappa shape index (κ2) is 10.3. The lowest BCUT2D eigenvalue weighted by atomic mass is 9.79. The summed E-state index contributed by atoms with van der Waals surface area (Å²) in [4.78, 5) is 18.9. The third kappa shape index (κ3) is 4.35. The maximum Gasteiger partial charge on any atom is 0.268 e. The Kier molecular flexibility index (Phi) is 7.17. The molecule has 0 saturated carbocycles. The molecule has 4 unspecified atom stereocenters. The van der Waals surface area contributed by atoms with E-state index in [-0.39, 0.29) is 34.5 Å². The Balaban J connectivity index is 1.50. The summed E-state index contributed by atoms with van der Waals surface area (Å²) >= 11 is 0. The van der Waals surface area contributed by atoms with Gasteiger partial charge in [-0.05, 0) is 48.8 Å². The lowest BCUT2D eigenvalue weighted by Gasteiger charge is -2.33. The molecular weight excluding hydrogens is 506 g/mol. The molecule has 0 spiro atoms. The molecule has 2 heterocycles. The first-order valence-corrected chi connectivity index (χ1v) is 14.1. The predicted molar refractivity (Wildman–Crippen MR) is 143 cm³/mol. The van der Waals surface area contributed by atoms with Gasteiger partial charge in [0.15, 0.2) is 5.78 Å². The lowest BCUT2D eigenvalue weighted by Crippen LogP contribution is -2.51. The third-order valence-electron chi connectivity index (χ3n) is 7.57. The summed E-state index contributed by atoms with van der Waals surface area (Å²) in [7, 11) is 0.804. The van der Waals surface area contributed by atoms with Gasteiger partial charge >= 0.3 is 0 Å². The Morgan fingerprint density at radius 2 is 1.87 bits per heavy atom. The van der Waals surface area contributed by atoms with Crippen LogP contribution in [-0.4, -0.2) is 76.6 Å². The number of carbonyl (C=O) groups excluding carboxylic acids is 1. The van der Waals surface area contributed by atoms with Crippen LogP contribution < -0.4 is 5.32 Å². The number of aromatic nitrogens is 1. The quantitative estimate of drug-likeness (QED) is 0.550. The zero-order valence-electron chi connectivity index (χ0n) is 22.2. The second-order valence-corrected chi connectivity index (χ2v) is 11.7. The molecule has 5 rings (SSSR count). The third-order valence-corrected chi connectivity index (χ3v) is 9.24. The number of hydrogen-bond acceptors (Lipinski definition) is 8. The van der Waals surface area contributed by atoms with Gasteiger partial charge in [-0.3, -0.25) is 9.79 Å². The van der Waals surface area contributed by atoms with Gasteiger partial charge in [-0.1, -0.05) is 24.6 Å². The standard InChI is InChI=1S/C28H33N3O6S/c1-16-6-8-20(9-7-16)38(33,34)31-15-19-10-11-29-24-17(2)25(27(32)26(31)23(19)24)30-14-18-12-21(35-3)28(37-5)22(13-18)36-4/h6-9,12-13,15,17,21,25,28,30H,10-11,14H2,1-5H3. The Morgan fingerprint density at radius 1 is 1.13 bits per heavy atom. The first-order chi connectivity index (χ1) is 18.2. The van der Waals surface area contributed by atoms with Crippen LogP contribution in [0.15, 0.2) is 63.8 Å². The molecule has 0 saturated heterocycles. The van der Waals surface area contributed by atoms with E-state index in [9.17, 15) is 13.2 Å². The van der Waals surface area contributed by atoms with E-state index in [1.165, 1.54) is 3.97 Å². The molecule has 10 heteroatoms. The number of rotatable bonds is 8. The van der Waals surface area contributed by atoms with Gasteiger partial charge in [0.05, 0.1) is 18.0 Å². The Morgan fingerprint density at radius 3 is 2.53 bits per heavy atom. The summed E-state index contributed by atoms with van der Waals surface area (Å²) < 4.78 is 45.2. The summed E-state index contributed by atoms with van der Waals surface area (Å²) in [5.41, 5.74) is 4.29. The average Bonchev–Trinajstić information content (AvgIpc) is 3.33. The monoisotopic (exact) mass is 539 g/mol. The van der Waals surface area contributed by atoms with Crippen molar-refractivity contribution in [3.63, 3.8) is 0 Å². The average molecular weight is 540 g/mol. The van der Waals surface area contributed by atoms with Gasteiger partial charge < -0.3 is 19.5 Å². The van der Waals surface area contributed by atoms with Gasteiger partial charge in [0, 0.05) is 50.7 Å². The van der Waals surface area contributed by atoms with Crippen molar-refractivity contribution in [3.8, 4) is 0 Å². The van der Waals surface area contributed by atoms with Crippen molar-refractivity contribution in [2.75, 3.05) is 34.4 Å². The summed E-state index contributed by atoms with van der Waals surface area (Å²) in [5.74, 6) is 0.135. The van der Waals surface area contributed by atoms with Gasteiger partial charge in [-0.25, -0.2) is 12.4 Å². The maximum absolute atomic E-state index is 14.0. The molecule has 9 nitrogen and oxygen atoms in total. The number of ether oxygens (including phenoxy) is 3. The fraction of sp³-hybridized carbons (Fsp3) is 0.429. The van der Waals surface area contributed by atoms with Crippen molar-refractivity contribution in [1.82, 2.24) is 9.29 Å². The molecule has 38 heavy (non-hydrogen) atoms. The van der Waals surface area contributed by atoms with Gasteiger partial charge in [0.2, 0.25) is 0 Å². The number of Topliss-reactive ketones (excluding diaryl/α,β-unsaturated/α-hetero) is 1. The fourth-order valence-corrected chi connectivity index (χ4v) is 6.93. The maximum atomic E-state index is 14.0. The highest BCUT2D eigenvalue weighted by atomic mass is 32.2. The number of benzene rings is 1. The summed E-state index contributed by atoms with van der Waals surface area (Å²) in [6.07, 6.45) is 5.31. The number of hydrogen-bond donors (Lipinski definition) is 1. The number of aryl methyl sites for hydroxylation is 1. The highest BCUT2D eigenvalue weighted by molar-refractivity contribution is 7.90. The van der Waals surface area contributed by atoms with E-state index in [4.69, 9.17) is 19.2 Å². The summed E-state index contributed by atoms with van der Waals surface area (Å²) in [5, 5.41) is 3.37. The van der Waals surface area contributed by atoms with Crippen LogP contribution in [0.2, 0.25) is 0 Å². The van der Waals surface area contributed by atoms with Crippen LogP contribution in [0.25, 0.3) is 0 Å². The summed E-state index contributed by atoms with van der Waals surface area (Å²) in [6.45, 7) is 4.77. The molecule has 1 N–H and O–H groups in total. The number of nitrogens with one attached hydrogen (secondary N) is 1. The van der Waals surface area contributed by atoms with Gasteiger partial charge in [0.25, 0.3) is 10.0 Å². The van der Waals surface area contributed by atoms with Gasteiger partial charge in [0.1, 0.15) is 23.7 Å². The first kappa shape index (κ1) is 26.6. The molecule has 202 valence electrons. The number of nitrogens with zero attached hydrogens (tertiary/aromatic N) is 2. The molecular formula is C28H33N3O6S. The summed E-state index contributed by atoms with van der Waals surface area (Å²) in [6, 6.07) is 6.00. The van der Waals surface area contributed by atoms with Crippen LogP contribution >= 0.6 is 0 Å². The molecule has 1 aromatic heterocycles.